The number of carbonyl (C=O) groups is 2. The summed E-state index contributed by atoms with van der Waals surface area (Å²) in [4.78, 5) is 22.1. The molecule has 1 saturated heterocycles. The summed E-state index contributed by atoms with van der Waals surface area (Å²) in [7, 11) is 1.56. The fourth-order valence-corrected chi connectivity index (χ4v) is 1.92. The number of nitrogens with one attached hydrogen (secondary N) is 2. The zero-order valence-corrected chi connectivity index (χ0v) is 11.8. The zero-order chi connectivity index (χ0) is 15.2. The zero-order valence-electron chi connectivity index (χ0n) is 11.8. The summed E-state index contributed by atoms with van der Waals surface area (Å²) < 4.78 is 10.6. The van der Waals surface area contributed by atoms with Crippen molar-refractivity contribution in [3.8, 4) is 0 Å². The summed E-state index contributed by atoms with van der Waals surface area (Å²) in [6.07, 6.45) is 0.254. The summed E-state index contributed by atoms with van der Waals surface area (Å²) >= 11 is 0. The van der Waals surface area contributed by atoms with E-state index in [1.54, 1.807) is 7.11 Å². The molecule has 20 heavy (non-hydrogen) atoms. The number of aliphatic carboxylic acids is 1. The second-order valence-corrected chi connectivity index (χ2v) is 5.29. The van der Waals surface area contributed by atoms with Gasteiger partial charge >= 0.3 is 12.0 Å². The van der Waals surface area contributed by atoms with Gasteiger partial charge < -0.3 is 30.3 Å². The molecule has 2 atom stereocenters. The first kappa shape index (κ1) is 16.7. The molecule has 1 aliphatic rings. The van der Waals surface area contributed by atoms with Crippen molar-refractivity contribution in [3.05, 3.63) is 0 Å². The monoisotopic (exact) mass is 290 g/mol. The number of carboxylic acids is 1. The van der Waals surface area contributed by atoms with Crippen LogP contribution in [0.25, 0.3) is 0 Å². The minimum Gasteiger partial charge on any atom is -0.481 e. The first-order chi connectivity index (χ1) is 9.29. The van der Waals surface area contributed by atoms with Gasteiger partial charge in [-0.05, 0) is 6.92 Å². The number of methoxy groups -OCH3 is 1. The fourth-order valence-electron chi connectivity index (χ4n) is 1.92. The van der Waals surface area contributed by atoms with Crippen molar-refractivity contribution in [1.29, 1.82) is 0 Å². The Labute approximate surface area is 117 Å². The Kier molecular flexibility index (Phi) is 5.73. The van der Waals surface area contributed by atoms with Gasteiger partial charge in [-0.2, -0.15) is 0 Å². The molecule has 4 N–H and O–H groups in total. The predicted molar refractivity (Wildman–Crippen MR) is 69.5 cm³/mol. The third-order valence-electron chi connectivity index (χ3n) is 3.23. The fraction of sp³-hybridized carbons (Fsp3) is 0.833. The van der Waals surface area contributed by atoms with E-state index in [4.69, 9.17) is 14.6 Å². The summed E-state index contributed by atoms with van der Waals surface area (Å²) in [6, 6.07) is -0.487. The molecular weight excluding hydrogens is 268 g/mol. The quantitative estimate of drug-likeness (QED) is 0.493. The molecule has 8 nitrogen and oxygen atoms in total. The van der Waals surface area contributed by atoms with Crippen LogP contribution < -0.4 is 10.6 Å². The molecule has 0 aliphatic carbocycles. The molecule has 0 aromatic heterocycles. The van der Waals surface area contributed by atoms with Crippen LogP contribution in [0.5, 0.6) is 0 Å². The second-order valence-electron chi connectivity index (χ2n) is 5.29. The van der Waals surface area contributed by atoms with Gasteiger partial charge in [-0.1, -0.05) is 0 Å². The van der Waals surface area contributed by atoms with Crippen LogP contribution in [0.4, 0.5) is 4.79 Å². The van der Waals surface area contributed by atoms with Crippen molar-refractivity contribution in [2.45, 2.75) is 31.0 Å². The van der Waals surface area contributed by atoms with E-state index in [0.29, 0.717) is 19.6 Å². The van der Waals surface area contributed by atoms with Gasteiger partial charge in [0.15, 0.2) is 0 Å². The highest BCUT2D eigenvalue weighted by Crippen LogP contribution is 2.21. The van der Waals surface area contributed by atoms with Crippen LogP contribution in [-0.2, 0) is 14.3 Å². The smallest absolute Gasteiger partial charge is 0.314 e. The maximum atomic E-state index is 11.6. The molecule has 1 rings (SSSR count). The molecular formula is C12H22N2O6. The van der Waals surface area contributed by atoms with Gasteiger partial charge in [0.25, 0.3) is 0 Å². The van der Waals surface area contributed by atoms with E-state index in [2.05, 4.69) is 10.6 Å². The van der Waals surface area contributed by atoms with Crippen LogP contribution >= 0.6 is 0 Å². The van der Waals surface area contributed by atoms with Crippen LogP contribution in [0.15, 0.2) is 0 Å². The van der Waals surface area contributed by atoms with Crippen molar-refractivity contribution in [1.82, 2.24) is 10.6 Å². The van der Waals surface area contributed by atoms with Gasteiger partial charge in [0.1, 0.15) is 5.60 Å². The van der Waals surface area contributed by atoms with Crippen LogP contribution in [0.2, 0.25) is 0 Å². The topological polar surface area (TPSA) is 117 Å². The summed E-state index contributed by atoms with van der Waals surface area (Å²) in [5, 5.41) is 23.4. The molecule has 1 heterocycles. The average molecular weight is 290 g/mol. The van der Waals surface area contributed by atoms with Gasteiger partial charge in [0, 0.05) is 26.7 Å². The third kappa shape index (κ3) is 5.32. The summed E-state index contributed by atoms with van der Waals surface area (Å²) in [5.41, 5.74) is -2.00. The van der Waals surface area contributed by atoms with Crippen molar-refractivity contribution < 1.29 is 29.3 Å². The van der Waals surface area contributed by atoms with Gasteiger partial charge in [0.2, 0.25) is 0 Å². The number of carboxylic acid groups (broad SMARTS) is 1. The first-order valence-corrected chi connectivity index (χ1v) is 6.37. The van der Waals surface area contributed by atoms with Crippen molar-refractivity contribution in [3.63, 3.8) is 0 Å². The lowest BCUT2D eigenvalue weighted by Gasteiger charge is -2.26. The van der Waals surface area contributed by atoms with Crippen LogP contribution in [0, 0.1) is 0 Å². The Hall–Kier alpha value is -1.38. The van der Waals surface area contributed by atoms with Gasteiger partial charge in [-0.25, -0.2) is 4.79 Å². The number of hydrogen-bond acceptors (Lipinski definition) is 5. The van der Waals surface area contributed by atoms with E-state index >= 15 is 0 Å². The molecule has 0 spiro atoms. The normalized spacial score (nSPS) is 24.9. The Balaban J connectivity index is 2.31. The van der Waals surface area contributed by atoms with E-state index < -0.39 is 29.6 Å². The molecule has 1 fully saturated rings. The van der Waals surface area contributed by atoms with Crippen molar-refractivity contribution in [2.24, 2.45) is 0 Å². The lowest BCUT2D eigenvalue weighted by atomic mass is 10.0. The number of aliphatic hydroxyl groups is 1. The lowest BCUT2D eigenvalue weighted by molar-refractivity contribution is -0.141. The van der Waals surface area contributed by atoms with Crippen LogP contribution in [-0.4, -0.2) is 66.8 Å². The standard InChI is InChI=1S/C12H22N2O6/c1-11(18,5-9(15)16)6-13-10(17)14-7-12(19-2)3-4-20-8-12/h18H,3-8H2,1-2H3,(H,15,16)(H2,13,14,17). The van der Waals surface area contributed by atoms with Crippen LogP contribution in [0.3, 0.4) is 0 Å². The maximum absolute atomic E-state index is 11.6. The number of hydrogen-bond donors (Lipinski definition) is 4. The highest BCUT2D eigenvalue weighted by Gasteiger charge is 2.35. The Morgan fingerprint density at radius 1 is 1.45 bits per heavy atom. The van der Waals surface area contributed by atoms with E-state index in [-0.39, 0.29) is 13.1 Å². The predicted octanol–water partition coefficient (Wildman–Crippen LogP) is -0.683. The summed E-state index contributed by atoms with van der Waals surface area (Å²) in [5.74, 6) is -1.13. The number of ether oxygens (including phenoxy) is 2. The van der Waals surface area contributed by atoms with Gasteiger partial charge in [-0.15, -0.1) is 0 Å². The molecule has 2 amide bonds. The molecule has 0 bridgehead atoms. The largest absolute Gasteiger partial charge is 0.481 e. The molecule has 0 radical (unpaired) electrons. The average Bonchev–Trinajstić information content (AvgIpc) is 2.82. The van der Waals surface area contributed by atoms with Crippen molar-refractivity contribution >= 4 is 12.0 Å². The van der Waals surface area contributed by atoms with Gasteiger partial charge in [0.05, 0.1) is 25.2 Å². The lowest BCUT2D eigenvalue weighted by Crippen LogP contribution is -2.50. The minimum absolute atomic E-state index is 0.151. The molecule has 0 aromatic carbocycles. The Morgan fingerprint density at radius 2 is 2.15 bits per heavy atom. The number of urea groups is 1. The Morgan fingerprint density at radius 3 is 2.65 bits per heavy atom. The maximum Gasteiger partial charge on any atom is 0.314 e. The minimum atomic E-state index is -1.49. The van der Waals surface area contributed by atoms with E-state index in [1.807, 2.05) is 0 Å². The molecule has 0 aromatic rings. The van der Waals surface area contributed by atoms with E-state index in [1.165, 1.54) is 6.92 Å². The highest BCUT2D eigenvalue weighted by molar-refractivity contribution is 5.74. The summed E-state index contributed by atoms with van der Waals surface area (Å²) in [6.45, 7) is 2.49. The molecule has 116 valence electrons. The van der Waals surface area contributed by atoms with E-state index in [9.17, 15) is 14.7 Å². The number of rotatable bonds is 7. The molecule has 8 heteroatoms. The molecule has 2 unspecified atom stereocenters. The van der Waals surface area contributed by atoms with E-state index in [0.717, 1.165) is 0 Å². The van der Waals surface area contributed by atoms with Gasteiger partial charge in [-0.3, -0.25) is 4.79 Å². The SMILES string of the molecule is COC1(CNC(=O)NCC(C)(O)CC(=O)O)CCOC1. The number of amides is 2. The first-order valence-electron chi connectivity index (χ1n) is 6.37. The van der Waals surface area contributed by atoms with Crippen molar-refractivity contribution in [2.75, 3.05) is 33.4 Å². The Bertz CT molecular complexity index is 352. The number of carbonyl (C=O) groups excluding carboxylic acids is 1. The van der Waals surface area contributed by atoms with Crippen LogP contribution in [0.1, 0.15) is 19.8 Å². The molecule has 0 saturated carbocycles. The third-order valence-corrected chi connectivity index (χ3v) is 3.23. The highest BCUT2D eigenvalue weighted by atomic mass is 16.5. The second kappa shape index (κ2) is 6.87. The molecule has 1 aliphatic heterocycles.